The van der Waals surface area contributed by atoms with E-state index in [4.69, 9.17) is 4.74 Å². The molecule has 5 heteroatoms. The predicted octanol–water partition coefficient (Wildman–Crippen LogP) is 1.86. The predicted molar refractivity (Wildman–Crippen MR) is 82.5 cm³/mol. The fourth-order valence-electron chi connectivity index (χ4n) is 3.76. The highest BCUT2D eigenvalue weighted by Crippen LogP contribution is 2.34. The number of rotatable bonds is 6. The minimum absolute atomic E-state index is 0.187. The number of carboxylic acids is 1. The van der Waals surface area contributed by atoms with Crippen molar-refractivity contribution in [1.29, 1.82) is 0 Å². The molecule has 0 amide bonds. The van der Waals surface area contributed by atoms with Crippen molar-refractivity contribution in [2.45, 2.75) is 76.1 Å². The number of ether oxygens (including phenoxy) is 1. The number of hydrogen-bond acceptors (Lipinski definition) is 4. The molecule has 2 fully saturated rings. The Morgan fingerprint density at radius 3 is 2.76 bits per heavy atom. The van der Waals surface area contributed by atoms with Crippen molar-refractivity contribution >= 4 is 5.97 Å². The van der Waals surface area contributed by atoms with Gasteiger partial charge in [-0.1, -0.05) is 0 Å². The molecule has 0 aromatic carbocycles. The highest BCUT2D eigenvalue weighted by Gasteiger charge is 2.46. The van der Waals surface area contributed by atoms with Crippen LogP contribution in [0.3, 0.4) is 0 Å². The molecular formula is C16H30N2O3. The molecule has 0 radical (unpaired) electrons. The first-order valence-corrected chi connectivity index (χ1v) is 8.26. The highest BCUT2D eigenvalue weighted by molar-refractivity contribution is 5.79. The van der Waals surface area contributed by atoms with Gasteiger partial charge in [0.2, 0.25) is 0 Å². The fourth-order valence-corrected chi connectivity index (χ4v) is 3.76. The summed E-state index contributed by atoms with van der Waals surface area (Å²) in [6.07, 6.45) is 6.20. The van der Waals surface area contributed by atoms with E-state index in [-0.39, 0.29) is 6.04 Å². The summed E-state index contributed by atoms with van der Waals surface area (Å²) in [5, 5.41) is 12.9. The SMILES string of the molecule is CC(C)NC1(C(=O)O)CCC(N(C)CC2CCCCO2)C1. The third-order valence-electron chi connectivity index (χ3n) is 4.85. The van der Waals surface area contributed by atoms with Crippen LogP contribution in [0, 0.1) is 0 Å². The van der Waals surface area contributed by atoms with Crippen LogP contribution >= 0.6 is 0 Å². The minimum Gasteiger partial charge on any atom is -0.480 e. The topological polar surface area (TPSA) is 61.8 Å². The van der Waals surface area contributed by atoms with Gasteiger partial charge in [-0.15, -0.1) is 0 Å². The highest BCUT2D eigenvalue weighted by atomic mass is 16.5. The molecule has 3 unspecified atom stereocenters. The maximum Gasteiger partial charge on any atom is 0.323 e. The number of nitrogens with one attached hydrogen (secondary N) is 1. The van der Waals surface area contributed by atoms with Gasteiger partial charge in [-0.25, -0.2) is 0 Å². The zero-order valence-electron chi connectivity index (χ0n) is 13.6. The summed E-state index contributed by atoms with van der Waals surface area (Å²) in [6, 6.07) is 0.518. The zero-order chi connectivity index (χ0) is 15.5. The Bertz CT molecular complexity index is 355. The van der Waals surface area contributed by atoms with Gasteiger partial charge in [0.15, 0.2) is 0 Å². The van der Waals surface area contributed by atoms with Crippen molar-refractivity contribution in [3.8, 4) is 0 Å². The first-order chi connectivity index (χ1) is 9.93. The van der Waals surface area contributed by atoms with Crippen LogP contribution in [0.1, 0.15) is 52.4 Å². The molecule has 5 nitrogen and oxygen atoms in total. The molecule has 1 heterocycles. The Morgan fingerprint density at radius 2 is 2.19 bits per heavy atom. The van der Waals surface area contributed by atoms with Crippen LogP contribution in [0.2, 0.25) is 0 Å². The minimum atomic E-state index is -0.749. The Balaban J connectivity index is 1.91. The molecule has 0 spiro atoms. The lowest BCUT2D eigenvalue weighted by atomic mass is 9.96. The number of carbonyl (C=O) groups is 1. The number of likely N-dealkylation sites (N-methyl/N-ethyl adjacent to an activating group) is 1. The van der Waals surface area contributed by atoms with E-state index in [1.54, 1.807) is 0 Å². The van der Waals surface area contributed by atoms with E-state index >= 15 is 0 Å². The van der Waals surface area contributed by atoms with Crippen molar-refractivity contribution in [1.82, 2.24) is 10.2 Å². The van der Waals surface area contributed by atoms with E-state index in [0.717, 1.165) is 26.0 Å². The van der Waals surface area contributed by atoms with Gasteiger partial charge in [0.05, 0.1) is 6.10 Å². The van der Waals surface area contributed by atoms with Gasteiger partial charge < -0.3 is 14.7 Å². The number of aliphatic carboxylic acids is 1. The first-order valence-electron chi connectivity index (χ1n) is 8.26. The van der Waals surface area contributed by atoms with E-state index in [0.29, 0.717) is 25.0 Å². The average Bonchev–Trinajstić information content (AvgIpc) is 2.85. The number of hydrogen-bond donors (Lipinski definition) is 2. The normalized spacial score (nSPS) is 33.8. The second-order valence-corrected chi connectivity index (χ2v) is 7.01. The van der Waals surface area contributed by atoms with Crippen LogP contribution in [0.5, 0.6) is 0 Å². The van der Waals surface area contributed by atoms with Crippen LogP contribution in [0.15, 0.2) is 0 Å². The maximum absolute atomic E-state index is 11.7. The summed E-state index contributed by atoms with van der Waals surface area (Å²) in [4.78, 5) is 14.0. The van der Waals surface area contributed by atoms with Gasteiger partial charge in [0.1, 0.15) is 5.54 Å². The molecule has 0 aromatic rings. The smallest absolute Gasteiger partial charge is 0.323 e. The van der Waals surface area contributed by atoms with Crippen molar-refractivity contribution in [2.24, 2.45) is 0 Å². The van der Waals surface area contributed by atoms with Gasteiger partial charge >= 0.3 is 5.97 Å². The summed E-state index contributed by atoms with van der Waals surface area (Å²) in [5.41, 5.74) is -0.749. The molecule has 2 aliphatic rings. The van der Waals surface area contributed by atoms with Gasteiger partial charge in [-0.3, -0.25) is 10.1 Å². The second-order valence-electron chi connectivity index (χ2n) is 7.01. The third kappa shape index (κ3) is 4.18. The van der Waals surface area contributed by atoms with E-state index in [9.17, 15) is 9.90 Å². The molecule has 3 atom stereocenters. The molecule has 21 heavy (non-hydrogen) atoms. The molecule has 1 aliphatic heterocycles. The average molecular weight is 298 g/mol. The summed E-state index contributed by atoms with van der Waals surface area (Å²) in [5.74, 6) is -0.707. The summed E-state index contributed by atoms with van der Waals surface area (Å²) in [7, 11) is 2.11. The van der Waals surface area contributed by atoms with E-state index in [1.165, 1.54) is 12.8 Å². The molecule has 2 rings (SSSR count). The molecule has 0 bridgehead atoms. The molecule has 1 saturated heterocycles. The van der Waals surface area contributed by atoms with Gasteiger partial charge in [0, 0.05) is 25.2 Å². The number of carboxylic acid groups (broad SMARTS) is 1. The van der Waals surface area contributed by atoms with Crippen molar-refractivity contribution < 1.29 is 14.6 Å². The summed E-state index contributed by atoms with van der Waals surface area (Å²) < 4.78 is 5.80. The summed E-state index contributed by atoms with van der Waals surface area (Å²) >= 11 is 0. The lowest BCUT2D eigenvalue weighted by Gasteiger charge is -2.33. The van der Waals surface area contributed by atoms with E-state index in [1.807, 2.05) is 13.8 Å². The van der Waals surface area contributed by atoms with Crippen LogP contribution < -0.4 is 5.32 Å². The lowest BCUT2D eigenvalue weighted by Crippen LogP contribution is -2.54. The van der Waals surface area contributed by atoms with Gasteiger partial charge in [0.25, 0.3) is 0 Å². The molecular weight excluding hydrogens is 268 g/mol. The Morgan fingerprint density at radius 1 is 1.43 bits per heavy atom. The monoisotopic (exact) mass is 298 g/mol. The fraction of sp³-hybridized carbons (Fsp3) is 0.938. The van der Waals surface area contributed by atoms with Crippen LogP contribution in [-0.4, -0.2) is 59.9 Å². The quantitative estimate of drug-likeness (QED) is 0.784. The standard InChI is InChI=1S/C16H30N2O3/c1-12(2)17-16(15(19)20)8-7-13(10-16)18(3)11-14-6-4-5-9-21-14/h12-14,17H,4-11H2,1-3H3,(H,19,20). The van der Waals surface area contributed by atoms with Gasteiger partial charge in [-0.05, 0) is 59.4 Å². The molecule has 1 saturated carbocycles. The van der Waals surface area contributed by atoms with Crippen LogP contribution in [0.4, 0.5) is 0 Å². The van der Waals surface area contributed by atoms with E-state index < -0.39 is 11.5 Å². The zero-order valence-corrected chi connectivity index (χ0v) is 13.6. The van der Waals surface area contributed by atoms with E-state index in [2.05, 4.69) is 17.3 Å². The van der Waals surface area contributed by atoms with Crippen molar-refractivity contribution in [2.75, 3.05) is 20.2 Å². The third-order valence-corrected chi connectivity index (χ3v) is 4.85. The maximum atomic E-state index is 11.7. The Hall–Kier alpha value is -0.650. The van der Waals surface area contributed by atoms with Crippen molar-refractivity contribution in [3.05, 3.63) is 0 Å². The lowest BCUT2D eigenvalue weighted by molar-refractivity contribution is -0.145. The Labute approximate surface area is 128 Å². The molecule has 122 valence electrons. The van der Waals surface area contributed by atoms with Gasteiger partial charge in [-0.2, -0.15) is 0 Å². The molecule has 2 N–H and O–H groups in total. The van der Waals surface area contributed by atoms with Crippen molar-refractivity contribution in [3.63, 3.8) is 0 Å². The molecule has 0 aromatic heterocycles. The number of nitrogens with zero attached hydrogens (tertiary/aromatic N) is 1. The van der Waals surface area contributed by atoms with Crippen LogP contribution in [0.25, 0.3) is 0 Å². The summed E-state index contributed by atoms with van der Waals surface area (Å²) in [6.45, 7) is 5.81. The van der Waals surface area contributed by atoms with Crippen LogP contribution in [-0.2, 0) is 9.53 Å². The Kier molecular flexibility index (Phi) is 5.63. The first kappa shape index (κ1) is 16.7. The molecule has 1 aliphatic carbocycles. The second kappa shape index (κ2) is 7.07. The largest absolute Gasteiger partial charge is 0.480 e.